The fraction of sp³-hybridized carbons (Fsp3) is 0.933. The van der Waals surface area contributed by atoms with Gasteiger partial charge in [0.25, 0.3) is 0 Å². The molecule has 4 saturated carbocycles. The quantitative estimate of drug-likeness (QED) is 0.734. The van der Waals surface area contributed by atoms with Crippen molar-refractivity contribution in [2.24, 2.45) is 23.2 Å². The van der Waals surface area contributed by atoms with Gasteiger partial charge in [-0.3, -0.25) is 4.79 Å². The summed E-state index contributed by atoms with van der Waals surface area (Å²) in [7, 11) is 0. The number of hydrogen-bond acceptors (Lipinski definition) is 2. The van der Waals surface area contributed by atoms with Gasteiger partial charge in [0.1, 0.15) is 6.10 Å². The van der Waals surface area contributed by atoms with E-state index in [4.69, 9.17) is 4.74 Å². The average molecular weight is 234 g/mol. The summed E-state index contributed by atoms with van der Waals surface area (Å²) in [4.78, 5) is 12.8. The van der Waals surface area contributed by atoms with Crippen molar-refractivity contribution in [1.82, 2.24) is 0 Å². The third-order valence-electron chi connectivity index (χ3n) is 5.78. The Bertz CT molecular complexity index is 306. The van der Waals surface area contributed by atoms with Crippen LogP contribution in [0.15, 0.2) is 0 Å². The Kier molecular flexibility index (Phi) is 2.21. The van der Waals surface area contributed by atoms with Crippen LogP contribution in [0.2, 0.25) is 0 Å². The van der Waals surface area contributed by atoms with Crippen molar-refractivity contribution in [3.05, 3.63) is 0 Å². The molecule has 0 radical (unpaired) electrons. The molecule has 0 N–H and O–H groups in total. The summed E-state index contributed by atoms with van der Waals surface area (Å²) in [5.41, 5.74) is 0.0593. The monoisotopic (exact) mass is 234 g/mol. The van der Waals surface area contributed by atoms with E-state index in [0.29, 0.717) is 5.78 Å². The van der Waals surface area contributed by atoms with Gasteiger partial charge in [-0.1, -0.05) is 0 Å². The normalized spacial score (nSPS) is 52.0. The van der Waals surface area contributed by atoms with E-state index in [2.05, 4.69) is 0 Å². The van der Waals surface area contributed by atoms with Gasteiger partial charge >= 0.3 is 0 Å². The lowest BCUT2D eigenvalue weighted by atomic mass is 9.48. The zero-order valence-electron chi connectivity index (χ0n) is 10.5. The first kappa shape index (κ1) is 10.5. The number of ketones is 1. The van der Waals surface area contributed by atoms with Gasteiger partial charge in [-0.2, -0.15) is 0 Å². The Morgan fingerprint density at radius 3 is 2.06 bits per heavy atom. The molecule has 0 aromatic rings. The Morgan fingerprint density at radius 1 is 1.00 bits per heavy atom. The van der Waals surface area contributed by atoms with E-state index in [1.165, 1.54) is 38.5 Å². The van der Waals surface area contributed by atoms with Gasteiger partial charge in [0.2, 0.25) is 0 Å². The molecule has 1 heterocycles. The zero-order valence-corrected chi connectivity index (χ0v) is 10.5. The molecule has 0 spiro atoms. The van der Waals surface area contributed by atoms with E-state index in [0.717, 1.165) is 37.2 Å². The average Bonchev–Trinajstić information content (AvgIpc) is 2.79. The summed E-state index contributed by atoms with van der Waals surface area (Å²) in [6.45, 7) is 0.808. The van der Waals surface area contributed by atoms with Gasteiger partial charge in [0.05, 0.1) is 0 Å². The van der Waals surface area contributed by atoms with Gasteiger partial charge in [0, 0.05) is 12.0 Å². The Hall–Kier alpha value is -0.370. The highest BCUT2D eigenvalue weighted by molar-refractivity contribution is 5.89. The van der Waals surface area contributed by atoms with Crippen LogP contribution in [0, 0.1) is 23.2 Å². The third-order valence-corrected chi connectivity index (χ3v) is 5.78. The van der Waals surface area contributed by atoms with Crippen LogP contribution in [0.5, 0.6) is 0 Å². The molecular weight excluding hydrogens is 212 g/mol. The number of ether oxygens (including phenoxy) is 1. The highest BCUT2D eigenvalue weighted by atomic mass is 16.5. The number of carbonyl (C=O) groups is 1. The first-order chi connectivity index (χ1) is 8.25. The van der Waals surface area contributed by atoms with Crippen LogP contribution < -0.4 is 0 Å². The summed E-state index contributed by atoms with van der Waals surface area (Å²) in [6.07, 6.45) is 9.86. The minimum Gasteiger partial charge on any atom is -0.370 e. The maximum absolute atomic E-state index is 12.8. The molecule has 4 aliphatic carbocycles. The molecule has 4 bridgehead atoms. The van der Waals surface area contributed by atoms with E-state index in [1.54, 1.807) is 0 Å². The largest absolute Gasteiger partial charge is 0.370 e. The van der Waals surface area contributed by atoms with Crippen LogP contribution in [0.1, 0.15) is 51.4 Å². The van der Waals surface area contributed by atoms with Crippen LogP contribution in [0.4, 0.5) is 0 Å². The fourth-order valence-electron chi connectivity index (χ4n) is 5.54. The minimum absolute atomic E-state index is 0.0359. The van der Waals surface area contributed by atoms with Crippen LogP contribution in [0.25, 0.3) is 0 Å². The summed E-state index contributed by atoms with van der Waals surface area (Å²) in [5.74, 6) is 3.10. The smallest absolute Gasteiger partial charge is 0.167 e. The van der Waals surface area contributed by atoms with Crippen molar-refractivity contribution in [2.45, 2.75) is 57.5 Å². The van der Waals surface area contributed by atoms with Gasteiger partial charge < -0.3 is 4.74 Å². The van der Waals surface area contributed by atoms with E-state index in [-0.39, 0.29) is 11.5 Å². The second kappa shape index (κ2) is 3.57. The first-order valence-electron chi connectivity index (χ1n) is 7.41. The van der Waals surface area contributed by atoms with E-state index >= 15 is 0 Å². The molecule has 0 unspecified atom stereocenters. The van der Waals surface area contributed by atoms with Gasteiger partial charge in [-0.25, -0.2) is 0 Å². The number of rotatable bonds is 2. The lowest BCUT2D eigenvalue weighted by Crippen LogP contribution is -2.52. The Morgan fingerprint density at radius 2 is 1.59 bits per heavy atom. The summed E-state index contributed by atoms with van der Waals surface area (Å²) in [5, 5.41) is 0. The van der Waals surface area contributed by atoms with E-state index in [1.807, 2.05) is 0 Å². The van der Waals surface area contributed by atoms with Crippen LogP contribution in [-0.4, -0.2) is 18.5 Å². The lowest BCUT2D eigenvalue weighted by molar-refractivity contribution is -0.153. The second-order valence-electron chi connectivity index (χ2n) is 7.06. The molecular formula is C15H22O2. The van der Waals surface area contributed by atoms with Crippen molar-refractivity contribution in [2.75, 3.05) is 6.61 Å². The molecule has 5 fully saturated rings. The molecule has 0 amide bonds. The van der Waals surface area contributed by atoms with Crippen molar-refractivity contribution in [3.63, 3.8) is 0 Å². The molecule has 1 saturated heterocycles. The highest BCUT2D eigenvalue weighted by Gasteiger charge is 2.55. The topological polar surface area (TPSA) is 26.3 Å². The maximum Gasteiger partial charge on any atom is 0.167 e. The van der Waals surface area contributed by atoms with E-state index in [9.17, 15) is 4.79 Å². The summed E-state index contributed by atoms with van der Waals surface area (Å²) >= 11 is 0. The molecule has 5 aliphatic rings. The van der Waals surface area contributed by atoms with Crippen molar-refractivity contribution in [1.29, 1.82) is 0 Å². The molecule has 5 rings (SSSR count). The number of Topliss-reactive ketones (excluding diaryl/α,β-unsaturated/α-hetero) is 1. The third kappa shape index (κ3) is 1.53. The van der Waals surface area contributed by atoms with Gasteiger partial charge in [-0.05, 0) is 69.1 Å². The summed E-state index contributed by atoms with van der Waals surface area (Å²) in [6, 6.07) is 0. The lowest BCUT2D eigenvalue weighted by Gasteiger charge is -2.56. The SMILES string of the molecule is O=C([C@@H]1CCCO1)C12CC3CC(CC(C3)C1)C2. The standard InChI is InChI=1S/C15H22O2/c16-14(13-2-1-3-17-13)15-7-10-4-11(8-15)6-12(5-10)9-15/h10-13H,1-9H2/t10?,11?,12?,13-,15?/m0/s1. The molecule has 94 valence electrons. The van der Waals surface area contributed by atoms with Crippen LogP contribution >= 0.6 is 0 Å². The minimum atomic E-state index is -0.0359. The number of carbonyl (C=O) groups excluding carboxylic acids is 1. The van der Waals surface area contributed by atoms with Gasteiger partial charge in [0.15, 0.2) is 5.78 Å². The summed E-state index contributed by atoms with van der Waals surface area (Å²) < 4.78 is 5.65. The predicted octanol–water partition coefficient (Wildman–Crippen LogP) is 2.95. The zero-order chi connectivity index (χ0) is 11.5. The molecule has 2 heteroatoms. The number of hydrogen-bond donors (Lipinski definition) is 0. The van der Waals surface area contributed by atoms with Crippen molar-refractivity contribution >= 4 is 5.78 Å². The second-order valence-corrected chi connectivity index (χ2v) is 7.06. The Labute approximate surface area is 103 Å². The predicted molar refractivity (Wildman–Crippen MR) is 64.6 cm³/mol. The van der Waals surface area contributed by atoms with Crippen molar-refractivity contribution in [3.8, 4) is 0 Å². The Balaban J connectivity index is 1.61. The van der Waals surface area contributed by atoms with Crippen LogP contribution in [-0.2, 0) is 9.53 Å². The molecule has 0 aromatic carbocycles. The van der Waals surface area contributed by atoms with Crippen LogP contribution in [0.3, 0.4) is 0 Å². The highest BCUT2D eigenvalue weighted by Crippen LogP contribution is 2.60. The molecule has 17 heavy (non-hydrogen) atoms. The molecule has 0 aromatic heterocycles. The first-order valence-corrected chi connectivity index (χ1v) is 7.41. The van der Waals surface area contributed by atoms with Crippen molar-refractivity contribution < 1.29 is 9.53 Å². The molecule has 2 nitrogen and oxygen atoms in total. The fourth-order valence-corrected chi connectivity index (χ4v) is 5.54. The van der Waals surface area contributed by atoms with E-state index < -0.39 is 0 Å². The maximum atomic E-state index is 12.8. The molecule has 1 aliphatic heterocycles. The molecule has 1 atom stereocenters. The van der Waals surface area contributed by atoms with Gasteiger partial charge in [-0.15, -0.1) is 0 Å².